The van der Waals surface area contributed by atoms with Crippen molar-refractivity contribution in [3.05, 3.63) is 58.1 Å². The van der Waals surface area contributed by atoms with Crippen LogP contribution < -0.4 is 14.8 Å². The summed E-state index contributed by atoms with van der Waals surface area (Å²) < 4.78 is 13.9. The van der Waals surface area contributed by atoms with Gasteiger partial charge in [-0.15, -0.1) is 0 Å². The van der Waals surface area contributed by atoms with Crippen molar-refractivity contribution in [2.24, 2.45) is 0 Å². The van der Waals surface area contributed by atoms with Gasteiger partial charge >= 0.3 is 0 Å². The number of halogens is 1. The van der Waals surface area contributed by atoms with Crippen molar-refractivity contribution in [3.63, 3.8) is 0 Å². The normalized spacial score (nSPS) is 18.7. The molecular formula is C18H18BrN5O2. The molecule has 3 aromatic rings. The smallest absolute Gasteiger partial charge is 0.243 e. The van der Waals surface area contributed by atoms with E-state index in [-0.39, 0.29) is 12.1 Å². The van der Waals surface area contributed by atoms with Gasteiger partial charge in [0.15, 0.2) is 11.5 Å². The van der Waals surface area contributed by atoms with Crippen LogP contribution in [0.2, 0.25) is 0 Å². The molecule has 2 aromatic carbocycles. The van der Waals surface area contributed by atoms with Crippen LogP contribution in [0, 0.1) is 0 Å². The number of hydrogen-bond donors (Lipinski definition) is 1. The van der Waals surface area contributed by atoms with Crippen LogP contribution in [0.4, 0.5) is 5.95 Å². The first-order valence-corrected chi connectivity index (χ1v) is 9.01. The van der Waals surface area contributed by atoms with Crippen LogP contribution in [0.1, 0.15) is 29.6 Å². The molecule has 0 bridgehead atoms. The molecule has 0 amide bonds. The third-order valence-electron chi connectivity index (χ3n) is 4.59. The third kappa shape index (κ3) is 2.90. The van der Waals surface area contributed by atoms with Crippen molar-refractivity contribution in [2.75, 3.05) is 19.5 Å². The van der Waals surface area contributed by atoms with Crippen LogP contribution in [-0.4, -0.2) is 34.4 Å². The highest BCUT2D eigenvalue weighted by atomic mass is 79.9. The third-order valence-corrected chi connectivity index (χ3v) is 5.09. The van der Waals surface area contributed by atoms with Crippen LogP contribution in [0.25, 0.3) is 0 Å². The fourth-order valence-corrected chi connectivity index (χ4v) is 3.83. The average molecular weight is 416 g/mol. The summed E-state index contributed by atoms with van der Waals surface area (Å²) >= 11 is 3.54. The van der Waals surface area contributed by atoms with Crippen LogP contribution >= 0.6 is 15.9 Å². The molecule has 2 heterocycles. The van der Waals surface area contributed by atoms with Crippen molar-refractivity contribution >= 4 is 21.9 Å². The van der Waals surface area contributed by atoms with Crippen LogP contribution in [0.5, 0.6) is 11.5 Å². The Morgan fingerprint density at radius 2 is 2.00 bits per heavy atom. The number of anilines is 1. The van der Waals surface area contributed by atoms with Gasteiger partial charge in [0.25, 0.3) is 0 Å². The lowest BCUT2D eigenvalue weighted by Gasteiger charge is -2.32. The number of hydrogen-bond acceptors (Lipinski definition) is 6. The molecule has 0 fully saturated rings. The molecule has 134 valence electrons. The molecule has 1 aliphatic heterocycles. The summed E-state index contributed by atoms with van der Waals surface area (Å²) in [7, 11) is 3.28. The molecule has 0 saturated heterocycles. The number of tetrazole rings is 1. The van der Waals surface area contributed by atoms with Crippen molar-refractivity contribution in [2.45, 2.75) is 18.5 Å². The fraction of sp³-hybridized carbons (Fsp3) is 0.278. The van der Waals surface area contributed by atoms with Gasteiger partial charge in [-0.2, -0.15) is 0 Å². The van der Waals surface area contributed by atoms with E-state index in [1.807, 2.05) is 30.3 Å². The van der Waals surface area contributed by atoms with E-state index in [2.05, 4.69) is 48.9 Å². The minimum Gasteiger partial charge on any atom is -0.493 e. The number of methoxy groups -OCH3 is 2. The summed E-state index contributed by atoms with van der Waals surface area (Å²) in [5, 5.41) is 15.6. The number of nitrogens with one attached hydrogen (secondary N) is 1. The van der Waals surface area contributed by atoms with Crippen molar-refractivity contribution in [1.82, 2.24) is 20.2 Å². The van der Waals surface area contributed by atoms with Crippen molar-refractivity contribution < 1.29 is 9.47 Å². The van der Waals surface area contributed by atoms with Crippen molar-refractivity contribution in [3.8, 4) is 11.5 Å². The van der Waals surface area contributed by atoms with Gasteiger partial charge in [-0.3, -0.25) is 0 Å². The zero-order valence-electron chi connectivity index (χ0n) is 14.4. The Hall–Kier alpha value is -2.61. The van der Waals surface area contributed by atoms with Gasteiger partial charge < -0.3 is 14.8 Å². The highest BCUT2D eigenvalue weighted by Crippen LogP contribution is 2.43. The predicted octanol–water partition coefficient (Wildman–Crippen LogP) is 3.60. The van der Waals surface area contributed by atoms with E-state index < -0.39 is 0 Å². The molecule has 0 saturated carbocycles. The van der Waals surface area contributed by atoms with Gasteiger partial charge in [-0.1, -0.05) is 45.3 Å². The topological polar surface area (TPSA) is 74.1 Å². The first-order chi connectivity index (χ1) is 12.7. The molecule has 0 aliphatic carbocycles. The Labute approximate surface area is 159 Å². The molecule has 0 spiro atoms. The van der Waals surface area contributed by atoms with E-state index in [1.165, 1.54) is 5.56 Å². The number of rotatable bonds is 4. The van der Waals surface area contributed by atoms with Gasteiger partial charge in [0.2, 0.25) is 5.95 Å². The Kier molecular flexibility index (Phi) is 4.50. The van der Waals surface area contributed by atoms with Gasteiger partial charge in [0.1, 0.15) is 0 Å². The predicted molar refractivity (Wildman–Crippen MR) is 101 cm³/mol. The number of aromatic nitrogens is 4. The number of para-hydroxylation sites is 1. The Morgan fingerprint density at radius 3 is 2.77 bits per heavy atom. The number of nitrogens with zero attached hydrogens (tertiary/aromatic N) is 4. The largest absolute Gasteiger partial charge is 0.493 e. The van der Waals surface area contributed by atoms with E-state index in [0.29, 0.717) is 17.4 Å². The van der Waals surface area contributed by atoms with Crippen molar-refractivity contribution in [1.29, 1.82) is 0 Å². The summed E-state index contributed by atoms with van der Waals surface area (Å²) in [5.41, 5.74) is 2.15. The molecule has 1 N–H and O–H groups in total. The summed E-state index contributed by atoms with van der Waals surface area (Å²) in [6.45, 7) is 0. The van der Waals surface area contributed by atoms with Gasteiger partial charge in [-0.25, -0.2) is 4.68 Å². The molecule has 7 nitrogen and oxygen atoms in total. The standard InChI is InChI=1S/C18H18BrN5O2/c1-25-16-8-4-7-13(17(16)26-2)15-10-14(11-5-3-6-12(19)9-11)20-18-21-22-23-24(15)18/h3-9,14-15H,10H2,1-2H3,(H,20,21,23)/t14-,15-/m1/s1. The van der Waals surface area contributed by atoms with E-state index >= 15 is 0 Å². The SMILES string of the molecule is COc1cccc([C@H]2C[C@H](c3cccc(Br)c3)Nc3nnnn32)c1OC. The summed E-state index contributed by atoms with van der Waals surface area (Å²) in [4.78, 5) is 0. The highest BCUT2D eigenvalue weighted by molar-refractivity contribution is 9.10. The van der Waals surface area contributed by atoms with Gasteiger partial charge in [0, 0.05) is 10.0 Å². The second-order valence-electron chi connectivity index (χ2n) is 6.03. The molecule has 8 heteroatoms. The van der Waals surface area contributed by atoms with E-state index in [0.717, 1.165) is 16.5 Å². The summed E-state index contributed by atoms with van der Waals surface area (Å²) in [6.07, 6.45) is 0.776. The van der Waals surface area contributed by atoms with Gasteiger partial charge in [-0.05, 0) is 40.6 Å². The molecule has 1 aliphatic rings. The second kappa shape index (κ2) is 6.95. The zero-order valence-corrected chi connectivity index (χ0v) is 16.0. The lowest BCUT2D eigenvalue weighted by atomic mass is 9.92. The van der Waals surface area contributed by atoms with Crippen LogP contribution in [0.15, 0.2) is 46.9 Å². The number of benzene rings is 2. The van der Waals surface area contributed by atoms with E-state index in [9.17, 15) is 0 Å². The number of fused-ring (bicyclic) bond motifs is 1. The summed E-state index contributed by atoms with van der Waals surface area (Å²) in [5.74, 6) is 2.03. The lowest BCUT2D eigenvalue weighted by Crippen LogP contribution is -2.28. The van der Waals surface area contributed by atoms with E-state index in [1.54, 1.807) is 18.9 Å². The lowest BCUT2D eigenvalue weighted by molar-refractivity contribution is 0.339. The highest BCUT2D eigenvalue weighted by Gasteiger charge is 2.33. The van der Waals surface area contributed by atoms with Crippen LogP contribution in [0.3, 0.4) is 0 Å². The molecule has 4 rings (SSSR count). The Balaban J connectivity index is 1.79. The Morgan fingerprint density at radius 1 is 1.15 bits per heavy atom. The maximum atomic E-state index is 5.64. The molecule has 26 heavy (non-hydrogen) atoms. The van der Waals surface area contributed by atoms with Gasteiger partial charge in [0.05, 0.1) is 26.3 Å². The molecule has 0 radical (unpaired) electrons. The maximum Gasteiger partial charge on any atom is 0.243 e. The second-order valence-corrected chi connectivity index (χ2v) is 6.95. The van der Waals surface area contributed by atoms with E-state index in [4.69, 9.17) is 9.47 Å². The quantitative estimate of drug-likeness (QED) is 0.701. The number of ether oxygens (including phenoxy) is 2. The average Bonchev–Trinajstić information content (AvgIpc) is 3.15. The van der Waals surface area contributed by atoms with Crippen LogP contribution in [-0.2, 0) is 0 Å². The Bertz CT molecular complexity index is 929. The monoisotopic (exact) mass is 415 g/mol. The maximum absolute atomic E-state index is 5.64. The fourth-order valence-electron chi connectivity index (χ4n) is 3.41. The molecule has 2 atom stereocenters. The first-order valence-electron chi connectivity index (χ1n) is 8.22. The summed E-state index contributed by atoms with van der Waals surface area (Å²) in [6, 6.07) is 14.1. The molecule has 1 aromatic heterocycles. The minimum absolute atomic E-state index is 0.0738. The zero-order chi connectivity index (χ0) is 18.1. The first kappa shape index (κ1) is 16.8. The molecule has 0 unspecified atom stereocenters. The molecular weight excluding hydrogens is 398 g/mol. The minimum atomic E-state index is -0.0738.